The third kappa shape index (κ3) is 2.11. The third-order valence-electron chi connectivity index (χ3n) is 2.60. The summed E-state index contributed by atoms with van der Waals surface area (Å²) < 4.78 is 11.0. The highest BCUT2D eigenvalue weighted by molar-refractivity contribution is 6.33. The largest absolute Gasteiger partial charge is 0.486 e. The average Bonchev–Trinajstić information content (AvgIpc) is 2.24. The molecule has 0 saturated heterocycles. The fourth-order valence-corrected chi connectivity index (χ4v) is 2.22. The van der Waals surface area contributed by atoms with Crippen molar-refractivity contribution in [1.82, 2.24) is 0 Å². The van der Waals surface area contributed by atoms with Gasteiger partial charge < -0.3 is 14.6 Å². The van der Waals surface area contributed by atoms with Crippen LogP contribution < -0.4 is 9.47 Å². The van der Waals surface area contributed by atoms with Gasteiger partial charge in [0, 0.05) is 0 Å². The van der Waals surface area contributed by atoms with Crippen LogP contribution in [0.4, 0.5) is 0 Å². The minimum absolute atomic E-state index is 0.418. The van der Waals surface area contributed by atoms with E-state index in [2.05, 4.69) is 0 Å². The molecule has 0 aliphatic carbocycles. The number of benzene rings is 1. The molecule has 0 aromatic heterocycles. The molecule has 1 aliphatic rings. The molecule has 0 spiro atoms. The van der Waals surface area contributed by atoms with Crippen molar-refractivity contribution in [2.75, 3.05) is 13.2 Å². The van der Waals surface area contributed by atoms with E-state index in [9.17, 15) is 5.11 Å². The lowest BCUT2D eigenvalue weighted by atomic mass is 10.0. The van der Waals surface area contributed by atoms with Crippen molar-refractivity contribution in [1.29, 1.82) is 0 Å². The maximum Gasteiger partial charge on any atom is 0.180 e. The number of aliphatic hydroxyl groups is 1. The Balaban J connectivity index is 2.45. The highest BCUT2D eigenvalue weighted by Crippen LogP contribution is 2.41. The third-order valence-corrected chi connectivity index (χ3v) is 3.00. The first-order chi connectivity index (χ1) is 7.59. The highest BCUT2D eigenvalue weighted by Gasteiger charge is 2.20. The Labute approximate surface area is 99.9 Å². The average molecular weight is 243 g/mol. The molecule has 0 bridgehead atoms. The van der Waals surface area contributed by atoms with E-state index in [1.807, 2.05) is 13.0 Å². The molecular formula is C12H15ClO3. The molecule has 0 radical (unpaired) electrons. The van der Waals surface area contributed by atoms with Gasteiger partial charge in [0.1, 0.15) is 13.2 Å². The molecule has 1 aromatic carbocycles. The van der Waals surface area contributed by atoms with Gasteiger partial charge in [-0.25, -0.2) is 0 Å². The molecule has 1 heterocycles. The monoisotopic (exact) mass is 242 g/mol. The first-order valence-corrected chi connectivity index (χ1v) is 5.73. The fourth-order valence-electron chi connectivity index (χ4n) is 1.85. The molecule has 2 rings (SSSR count). The Hall–Kier alpha value is -0.930. The van der Waals surface area contributed by atoms with Crippen molar-refractivity contribution in [3.63, 3.8) is 0 Å². The zero-order valence-electron chi connectivity index (χ0n) is 9.42. The van der Waals surface area contributed by atoms with Gasteiger partial charge in [-0.05, 0) is 37.5 Å². The number of aliphatic hydroxyl groups excluding tert-OH is 1. The Morgan fingerprint density at radius 3 is 2.81 bits per heavy atom. The molecule has 1 unspecified atom stereocenters. The summed E-state index contributed by atoms with van der Waals surface area (Å²) >= 11 is 6.26. The van der Waals surface area contributed by atoms with Crippen LogP contribution in [0.1, 0.15) is 18.1 Å². The molecule has 1 aromatic rings. The second kappa shape index (κ2) is 4.52. The Bertz CT molecular complexity index is 402. The van der Waals surface area contributed by atoms with Crippen LogP contribution in [0.15, 0.2) is 6.07 Å². The molecule has 1 aliphatic heterocycles. The maximum atomic E-state index is 9.43. The standard InChI is InChI=1S/C12H15ClO3/c1-7-5-10-12(16-4-3-15-10)11(13)9(7)6-8(2)14/h5,8,14H,3-4,6H2,1-2H3. The van der Waals surface area contributed by atoms with E-state index in [4.69, 9.17) is 21.1 Å². The van der Waals surface area contributed by atoms with Gasteiger partial charge in [0.25, 0.3) is 0 Å². The Morgan fingerprint density at radius 1 is 1.44 bits per heavy atom. The topological polar surface area (TPSA) is 38.7 Å². The number of ether oxygens (including phenoxy) is 2. The van der Waals surface area contributed by atoms with Crippen LogP contribution in [-0.2, 0) is 6.42 Å². The summed E-state index contributed by atoms with van der Waals surface area (Å²) in [6.07, 6.45) is 0.111. The number of halogens is 1. The van der Waals surface area contributed by atoms with E-state index in [1.165, 1.54) is 0 Å². The van der Waals surface area contributed by atoms with Crippen molar-refractivity contribution in [3.8, 4) is 11.5 Å². The van der Waals surface area contributed by atoms with Gasteiger partial charge >= 0.3 is 0 Å². The van der Waals surface area contributed by atoms with Crippen molar-refractivity contribution in [2.24, 2.45) is 0 Å². The lowest BCUT2D eigenvalue weighted by molar-refractivity contribution is 0.170. The van der Waals surface area contributed by atoms with Gasteiger partial charge in [-0.2, -0.15) is 0 Å². The summed E-state index contributed by atoms with van der Waals surface area (Å²) in [6, 6.07) is 1.91. The molecule has 16 heavy (non-hydrogen) atoms. The van der Waals surface area contributed by atoms with Gasteiger partial charge in [-0.1, -0.05) is 11.6 Å². The van der Waals surface area contributed by atoms with Crippen molar-refractivity contribution in [2.45, 2.75) is 26.4 Å². The van der Waals surface area contributed by atoms with E-state index in [0.29, 0.717) is 36.2 Å². The van der Waals surface area contributed by atoms with E-state index < -0.39 is 6.10 Å². The molecule has 0 fully saturated rings. The molecule has 3 nitrogen and oxygen atoms in total. The first-order valence-electron chi connectivity index (χ1n) is 5.35. The second-order valence-corrected chi connectivity index (χ2v) is 4.44. The smallest absolute Gasteiger partial charge is 0.180 e. The van der Waals surface area contributed by atoms with E-state index in [0.717, 1.165) is 11.1 Å². The van der Waals surface area contributed by atoms with E-state index in [1.54, 1.807) is 6.92 Å². The molecule has 1 N–H and O–H groups in total. The SMILES string of the molecule is Cc1cc2c(c(Cl)c1CC(C)O)OCCO2. The summed E-state index contributed by atoms with van der Waals surface area (Å²) in [5, 5.41) is 9.99. The van der Waals surface area contributed by atoms with E-state index >= 15 is 0 Å². The molecule has 88 valence electrons. The predicted octanol–water partition coefficient (Wildman–Crippen LogP) is 2.34. The molecule has 0 amide bonds. The Kier molecular flexibility index (Phi) is 3.26. The lowest BCUT2D eigenvalue weighted by Gasteiger charge is -2.22. The zero-order valence-corrected chi connectivity index (χ0v) is 10.2. The normalized spacial score (nSPS) is 16.0. The first kappa shape index (κ1) is 11.6. The van der Waals surface area contributed by atoms with Gasteiger partial charge in [-0.15, -0.1) is 0 Å². The van der Waals surface area contributed by atoms with Gasteiger partial charge in [0.2, 0.25) is 0 Å². The summed E-state index contributed by atoms with van der Waals surface area (Å²) in [5.74, 6) is 1.30. The van der Waals surface area contributed by atoms with Crippen LogP contribution in [0.25, 0.3) is 0 Å². The fraction of sp³-hybridized carbons (Fsp3) is 0.500. The number of hydrogen-bond donors (Lipinski definition) is 1. The molecule has 1 atom stereocenters. The molecule has 4 heteroatoms. The van der Waals surface area contributed by atoms with Crippen molar-refractivity contribution in [3.05, 3.63) is 22.2 Å². The number of aryl methyl sites for hydroxylation is 1. The van der Waals surface area contributed by atoms with Crippen LogP contribution in [0, 0.1) is 6.92 Å². The minimum Gasteiger partial charge on any atom is -0.486 e. The summed E-state index contributed by atoms with van der Waals surface area (Å²) in [6.45, 7) is 4.77. The van der Waals surface area contributed by atoms with E-state index in [-0.39, 0.29) is 0 Å². The molecular weight excluding hydrogens is 228 g/mol. The van der Waals surface area contributed by atoms with Crippen LogP contribution in [0.5, 0.6) is 11.5 Å². The predicted molar refractivity (Wildman–Crippen MR) is 62.6 cm³/mol. The van der Waals surface area contributed by atoms with Crippen LogP contribution in [0.2, 0.25) is 5.02 Å². The van der Waals surface area contributed by atoms with Crippen LogP contribution in [-0.4, -0.2) is 24.4 Å². The van der Waals surface area contributed by atoms with Crippen molar-refractivity contribution >= 4 is 11.6 Å². The summed E-state index contributed by atoms with van der Waals surface area (Å²) in [7, 11) is 0. The van der Waals surface area contributed by atoms with Crippen LogP contribution >= 0.6 is 11.6 Å². The summed E-state index contributed by atoms with van der Waals surface area (Å²) in [4.78, 5) is 0. The Morgan fingerprint density at radius 2 is 2.12 bits per heavy atom. The number of rotatable bonds is 2. The maximum absolute atomic E-state index is 9.43. The van der Waals surface area contributed by atoms with Crippen LogP contribution in [0.3, 0.4) is 0 Å². The zero-order chi connectivity index (χ0) is 11.7. The quantitative estimate of drug-likeness (QED) is 0.865. The number of hydrogen-bond acceptors (Lipinski definition) is 3. The molecule has 0 saturated carbocycles. The second-order valence-electron chi connectivity index (χ2n) is 4.06. The highest BCUT2D eigenvalue weighted by atomic mass is 35.5. The lowest BCUT2D eigenvalue weighted by Crippen LogP contribution is -2.17. The number of fused-ring (bicyclic) bond motifs is 1. The van der Waals surface area contributed by atoms with Gasteiger partial charge in [0.15, 0.2) is 11.5 Å². The van der Waals surface area contributed by atoms with Crippen molar-refractivity contribution < 1.29 is 14.6 Å². The summed E-state index contributed by atoms with van der Waals surface area (Å²) in [5.41, 5.74) is 1.95. The van der Waals surface area contributed by atoms with Gasteiger partial charge in [-0.3, -0.25) is 0 Å². The van der Waals surface area contributed by atoms with Gasteiger partial charge in [0.05, 0.1) is 11.1 Å². The minimum atomic E-state index is -0.418.